The maximum atomic E-state index is 10.7. The van der Waals surface area contributed by atoms with Crippen molar-refractivity contribution in [3.8, 4) is 5.88 Å². The van der Waals surface area contributed by atoms with Crippen LogP contribution in [0.2, 0.25) is 0 Å². The number of hydrogen-bond acceptors (Lipinski definition) is 4. The van der Waals surface area contributed by atoms with Gasteiger partial charge in [-0.3, -0.25) is 4.98 Å². The number of pyridine rings is 1. The molecule has 0 atom stereocenters. The summed E-state index contributed by atoms with van der Waals surface area (Å²) in [6.07, 6.45) is 3.07. The van der Waals surface area contributed by atoms with E-state index in [1.54, 1.807) is 12.3 Å². The van der Waals surface area contributed by atoms with E-state index in [1.165, 1.54) is 12.3 Å². The van der Waals surface area contributed by atoms with Gasteiger partial charge in [-0.05, 0) is 18.0 Å². The van der Waals surface area contributed by atoms with E-state index in [-0.39, 0.29) is 5.88 Å². The zero-order valence-electron chi connectivity index (χ0n) is 5.56. The van der Waals surface area contributed by atoms with Gasteiger partial charge in [0.1, 0.15) is 5.52 Å². The monoisotopic (exact) mass is 146 g/mol. The molecule has 2 rings (SSSR count). The molecule has 54 valence electrons. The second-order valence-corrected chi connectivity index (χ2v) is 2.05. The Kier molecular flexibility index (Phi) is 1.18. The first kappa shape index (κ1) is 6.03. The van der Waals surface area contributed by atoms with Crippen LogP contribution in [0.25, 0.3) is 11.2 Å². The topological polar surface area (TPSA) is 61.7 Å². The first-order valence-electron chi connectivity index (χ1n) is 3.11. The van der Waals surface area contributed by atoms with Crippen molar-refractivity contribution in [2.45, 2.75) is 0 Å². The second-order valence-electron chi connectivity index (χ2n) is 2.05. The molecule has 0 amide bonds. The van der Waals surface area contributed by atoms with Gasteiger partial charge in [-0.15, -0.1) is 0 Å². The fourth-order valence-corrected chi connectivity index (χ4v) is 0.837. The molecular weight excluding hydrogens is 142 g/mol. The van der Waals surface area contributed by atoms with Crippen molar-refractivity contribution in [1.29, 1.82) is 0 Å². The van der Waals surface area contributed by atoms with Crippen LogP contribution in [0.1, 0.15) is 0 Å². The van der Waals surface area contributed by atoms with Crippen LogP contribution in [0.5, 0.6) is 5.88 Å². The van der Waals surface area contributed by atoms with Gasteiger partial charge in [0.15, 0.2) is 5.65 Å². The van der Waals surface area contributed by atoms with Crippen LogP contribution in [-0.4, -0.2) is 15.0 Å². The first-order valence-corrected chi connectivity index (χ1v) is 3.11. The van der Waals surface area contributed by atoms with Gasteiger partial charge in [-0.1, -0.05) is 0 Å². The molecule has 0 saturated heterocycles. The van der Waals surface area contributed by atoms with E-state index in [1.807, 2.05) is 0 Å². The molecule has 0 aliphatic carbocycles. The summed E-state index contributed by atoms with van der Waals surface area (Å²) in [7, 11) is 0. The highest BCUT2D eigenvalue weighted by Crippen LogP contribution is 2.07. The van der Waals surface area contributed by atoms with Crippen LogP contribution >= 0.6 is 0 Å². The highest BCUT2D eigenvalue weighted by Gasteiger charge is 1.91. The van der Waals surface area contributed by atoms with E-state index in [9.17, 15) is 5.11 Å². The Hall–Kier alpha value is -1.71. The van der Waals surface area contributed by atoms with Crippen molar-refractivity contribution in [1.82, 2.24) is 15.0 Å². The van der Waals surface area contributed by atoms with Gasteiger partial charge in [0, 0.05) is 12.4 Å². The van der Waals surface area contributed by atoms with Crippen LogP contribution < -0.4 is 5.11 Å². The summed E-state index contributed by atoms with van der Waals surface area (Å²) in [5.74, 6) is -0.280. The summed E-state index contributed by atoms with van der Waals surface area (Å²) in [5, 5.41) is 10.7. The third kappa shape index (κ3) is 0.980. The van der Waals surface area contributed by atoms with E-state index >= 15 is 0 Å². The maximum Gasteiger partial charge on any atom is 0.177 e. The standard InChI is InChI=1S/C7H5N3O/c11-6-2-1-5-7(10-6)9-4-3-8-5/h1-4H,(H,9,10,11)/p-1. The third-order valence-electron chi connectivity index (χ3n) is 1.31. The van der Waals surface area contributed by atoms with Crippen LogP contribution in [0.4, 0.5) is 0 Å². The lowest BCUT2D eigenvalue weighted by Crippen LogP contribution is -1.94. The zero-order valence-corrected chi connectivity index (χ0v) is 5.56. The summed E-state index contributed by atoms with van der Waals surface area (Å²) >= 11 is 0. The molecule has 0 spiro atoms. The molecule has 0 aliphatic heterocycles. The minimum absolute atomic E-state index is 0.280. The smallest absolute Gasteiger partial charge is 0.177 e. The van der Waals surface area contributed by atoms with Crippen molar-refractivity contribution in [3.63, 3.8) is 0 Å². The lowest BCUT2D eigenvalue weighted by atomic mass is 10.4. The Bertz CT molecular complexity index is 388. The number of fused-ring (bicyclic) bond motifs is 1. The fourth-order valence-electron chi connectivity index (χ4n) is 0.837. The lowest BCUT2D eigenvalue weighted by molar-refractivity contribution is -0.274. The molecule has 0 N–H and O–H groups in total. The predicted octanol–water partition coefficient (Wildman–Crippen LogP) is 0.0984. The molecule has 0 aromatic carbocycles. The van der Waals surface area contributed by atoms with E-state index in [0.717, 1.165) is 0 Å². The van der Waals surface area contributed by atoms with E-state index < -0.39 is 0 Å². The number of rotatable bonds is 0. The van der Waals surface area contributed by atoms with E-state index in [0.29, 0.717) is 11.2 Å². The SMILES string of the molecule is [O-]c1ccc2nccnc2n1. The van der Waals surface area contributed by atoms with Gasteiger partial charge in [0.25, 0.3) is 0 Å². The third-order valence-corrected chi connectivity index (χ3v) is 1.31. The average molecular weight is 146 g/mol. The summed E-state index contributed by atoms with van der Waals surface area (Å²) < 4.78 is 0. The summed E-state index contributed by atoms with van der Waals surface area (Å²) in [6, 6.07) is 2.98. The maximum absolute atomic E-state index is 10.7. The second kappa shape index (κ2) is 2.16. The normalized spacial score (nSPS) is 10.2. The molecule has 2 aromatic rings. The molecule has 4 nitrogen and oxygen atoms in total. The van der Waals surface area contributed by atoms with Crippen LogP contribution in [0.15, 0.2) is 24.5 Å². The fraction of sp³-hybridized carbons (Fsp3) is 0. The molecular formula is C7H4N3O-. The van der Waals surface area contributed by atoms with Crippen LogP contribution in [0, 0.1) is 0 Å². The predicted molar refractivity (Wildman–Crippen MR) is 36.8 cm³/mol. The highest BCUT2D eigenvalue weighted by atomic mass is 16.3. The highest BCUT2D eigenvalue weighted by molar-refractivity contribution is 5.69. The molecule has 2 aromatic heterocycles. The Balaban J connectivity index is 2.83. The molecule has 0 aliphatic rings. The zero-order chi connectivity index (χ0) is 7.68. The largest absolute Gasteiger partial charge is 0.859 e. The minimum Gasteiger partial charge on any atom is -0.859 e. The lowest BCUT2D eigenvalue weighted by Gasteiger charge is -2.02. The van der Waals surface area contributed by atoms with E-state index in [2.05, 4.69) is 15.0 Å². The van der Waals surface area contributed by atoms with Gasteiger partial charge < -0.3 is 5.11 Å². The van der Waals surface area contributed by atoms with E-state index in [4.69, 9.17) is 0 Å². The summed E-state index contributed by atoms with van der Waals surface area (Å²) in [5.41, 5.74) is 1.05. The van der Waals surface area contributed by atoms with Gasteiger partial charge in [-0.25, -0.2) is 9.97 Å². The Morgan fingerprint density at radius 3 is 2.82 bits per heavy atom. The molecule has 0 bridgehead atoms. The number of hydrogen-bond donors (Lipinski definition) is 0. The quantitative estimate of drug-likeness (QED) is 0.528. The number of nitrogens with zero attached hydrogens (tertiary/aromatic N) is 3. The molecule has 0 radical (unpaired) electrons. The average Bonchev–Trinajstić information content (AvgIpc) is 2.04. The molecule has 2 heterocycles. The molecule has 0 unspecified atom stereocenters. The van der Waals surface area contributed by atoms with Crippen molar-refractivity contribution < 1.29 is 5.11 Å². The molecule has 11 heavy (non-hydrogen) atoms. The molecule has 0 saturated carbocycles. The van der Waals surface area contributed by atoms with Crippen molar-refractivity contribution >= 4 is 11.2 Å². The Labute approximate surface area is 62.6 Å². The summed E-state index contributed by atoms with van der Waals surface area (Å²) in [4.78, 5) is 11.5. The van der Waals surface area contributed by atoms with Gasteiger partial charge in [0.05, 0.1) is 0 Å². The van der Waals surface area contributed by atoms with Crippen molar-refractivity contribution in [2.75, 3.05) is 0 Å². The number of aromatic nitrogens is 3. The molecule has 0 fully saturated rings. The van der Waals surface area contributed by atoms with Crippen LogP contribution in [-0.2, 0) is 0 Å². The Morgan fingerprint density at radius 1 is 1.09 bits per heavy atom. The minimum atomic E-state index is -0.280. The Morgan fingerprint density at radius 2 is 1.91 bits per heavy atom. The first-order chi connectivity index (χ1) is 5.36. The summed E-state index contributed by atoms with van der Waals surface area (Å²) in [6.45, 7) is 0. The van der Waals surface area contributed by atoms with Gasteiger partial charge in [-0.2, -0.15) is 0 Å². The molecule has 4 heteroatoms. The van der Waals surface area contributed by atoms with Gasteiger partial charge in [0.2, 0.25) is 0 Å². The van der Waals surface area contributed by atoms with Crippen molar-refractivity contribution in [2.24, 2.45) is 0 Å². The van der Waals surface area contributed by atoms with Crippen molar-refractivity contribution in [3.05, 3.63) is 24.5 Å². The van der Waals surface area contributed by atoms with Crippen LogP contribution in [0.3, 0.4) is 0 Å². The van der Waals surface area contributed by atoms with Gasteiger partial charge >= 0.3 is 0 Å².